The number of carbonyl (C=O) groups is 1. The maximum atomic E-state index is 11.8. The zero-order valence-electron chi connectivity index (χ0n) is 11.5. The molecule has 0 saturated carbocycles. The third-order valence-electron chi connectivity index (χ3n) is 2.61. The Bertz CT molecular complexity index is 624. The van der Waals surface area contributed by atoms with Crippen molar-refractivity contribution in [2.75, 3.05) is 11.9 Å². The maximum absolute atomic E-state index is 11.8. The molecule has 0 aromatic carbocycles. The van der Waals surface area contributed by atoms with Gasteiger partial charge in [-0.25, -0.2) is 4.98 Å². The summed E-state index contributed by atoms with van der Waals surface area (Å²) >= 11 is 3.06. The van der Waals surface area contributed by atoms with Gasteiger partial charge < -0.3 is 10.4 Å². The highest BCUT2D eigenvalue weighted by atomic mass is 32.1. The number of nitrogens with zero attached hydrogens (tertiary/aromatic N) is 1. The van der Waals surface area contributed by atoms with Gasteiger partial charge in [0.15, 0.2) is 5.13 Å². The molecule has 0 fully saturated rings. The summed E-state index contributed by atoms with van der Waals surface area (Å²) in [5, 5.41) is 14.1. The Kier molecular flexibility index (Phi) is 6.41. The van der Waals surface area contributed by atoms with Crippen molar-refractivity contribution in [3.05, 3.63) is 33.5 Å². The lowest BCUT2D eigenvalue weighted by atomic mass is 10.2. The van der Waals surface area contributed by atoms with Gasteiger partial charge in [-0.1, -0.05) is 29.2 Å². The van der Waals surface area contributed by atoms with E-state index in [2.05, 4.69) is 28.2 Å². The molecule has 1 amide bonds. The van der Waals surface area contributed by atoms with E-state index in [1.54, 1.807) is 17.5 Å². The average Bonchev–Trinajstić information content (AvgIpc) is 3.11. The SMILES string of the molecule is O=C(CCCc1cccs1)Nc1ncc(C#CCCO)s1. The molecule has 0 unspecified atom stereocenters. The second-order valence-electron chi connectivity index (χ2n) is 4.29. The van der Waals surface area contributed by atoms with Gasteiger partial charge in [-0.2, -0.15) is 0 Å². The minimum atomic E-state index is -0.0178. The third-order valence-corrected chi connectivity index (χ3v) is 4.37. The fourth-order valence-corrected chi connectivity index (χ4v) is 3.11. The van der Waals surface area contributed by atoms with Gasteiger partial charge in [-0.05, 0) is 24.3 Å². The van der Waals surface area contributed by atoms with Crippen LogP contribution in [0.5, 0.6) is 0 Å². The van der Waals surface area contributed by atoms with E-state index in [0.29, 0.717) is 18.0 Å². The predicted octanol–water partition coefficient (Wildman–Crippen LogP) is 2.90. The predicted molar refractivity (Wildman–Crippen MR) is 86.6 cm³/mol. The van der Waals surface area contributed by atoms with Gasteiger partial charge in [0.1, 0.15) is 0 Å². The number of aliphatic hydroxyl groups is 1. The van der Waals surface area contributed by atoms with Crippen LogP contribution in [0.2, 0.25) is 0 Å². The standard InChI is InChI=1S/C15H16N2O2S2/c18-9-2-1-5-13-11-16-15(21-13)17-14(19)8-3-6-12-7-4-10-20-12/h4,7,10-11,18H,2-3,6,8-9H2,(H,16,17,19). The van der Waals surface area contributed by atoms with Gasteiger partial charge in [-0.15, -0.1) is 11.3 Å². The summed E-state index contributed by atoms with van der Waals surface area (Å²) in [6.07, 6.45) is 4.34. The first-order valence-electron chi connectivity index (χ1n) is 6.65. The zero-order chi connectivity index (χ0) is 14.9. The van der Waals surface area contributed by atoms with Crippen LogP contribution in [-0.4, -0.2) is 22.6 Å². The van der Waals surface area contributed by atoms with E-state index < -0.39 is 0 Å². The van der Waals surface area contributed by atoms with Crippen molar-refractivity contribution in [2.24, 2.45) is 0 Å². The Balaban J connectivity index is 1.74. The molecule has 0 aliphatic rings. The fourth-order valence-electron chi connectivity index (χ4n) is 1.65. The number of aryl methyl sites for hydroxylation is 1. The summed E-state index contributed by atoms with van der Waals surface area (Å²) in [4.78, 5) is 18.0. The van der Waals surface area contributed by atoms with Gasteiger partial charge in [0.25, 0.3) is 0 Å². The molecule has 0 saturated heterocycles. The van der Waals surface area contributed by atoms with Crippen LogP contribution in [0.15, 0.2) is 23.7 Å². The normalized spacial score (nSPS) is 9.95. The van der Waals surface area contributed by atoms with Crippen molar-refractivity contribution < 1.29 is 9.90 Å². The summed E-state index contributed by atoms with van der Waals surface area (Å²) in [5.74, 6) is 5.71. The average molecular weight is 320 g/mol. The van der Waals surface area contributed by atoms with E-state index in [9.17, 15) is 4.79 Å². The Morgan fingerprint density at radius 2 is 2.38 bits per heavy atom. The molecule has 0 aliphatic heterocycles. The topological polar surface area (TPSA) is 62.2 Å². The highest BCUT2D eigenvalue weighted by Crippen LogP contribution is 2.18. The molecule has 6 heteroatoms. The highest BCUT2D eigenvalue weighted by molar-refractivity contribution is 7.16. The molecule has 2 N–H and O–H groups in total. The van der Waals surface area contributed by atoms with Crippen LogP contribution in [-0.2, 0) is 11.2 Å². The molecule has 110 valence electrons. The molecular weight excluding hydrogens is 304 g/mol. The van der Waals surface area contributed by atoms with E-state index in [1.165, 1.54) is 16.2 Å². The summed E-state index contributed by atoms with van der Waals surface area (Å²) < 4.78 is 0. The van der Waals surface area contributed by atoms with Gasteiger partial charge in [0, 0.05) is 17.7 Å². The second kappa shape index (κ2) is 8.57. The van der Waals surface area contributed by atoms with Crippen LogP contribution in [0.4, 0.5) is 5.13 Å². The number of anilines is 1. The first-order valence-corrected chi connectivity index (χ1v) is 8.35. The van der Waals surface area contributed by atoms with E-state index in [4.69, 9.17) is 5.11 Å². The van der Waals surface area contributed by atoms with Crippen LogP contribution < -0.4 is 5.32 Å². The molecule has 4 nitrogen and oxygen atoms in total. The van der Waals surface area contributed by atoms with Crippen LogP contribution in [0.25, 0.3) is 0 Å². The van der Waals surface area contributed by atoms with Crippen LogP contribution >= 0.6 is 22.7 Å². The number of amides is 1. The van der Waals surface area contributed by atoms with E-state index in [1.807, 2.05) is 11.4 Å². The molecule has 2 rings (SSSR count). The molecule has 0 spiro atoms. The number of rotatable bonds is 6. The van der Waals surface area contributed by atoms with E-state index in [-0.39, 0.29) is 12.5 Å². The molecule has 2 aromatic heterocycles. The van der Waals surface area contributed by atoms with Crippen molar-refractivity contribution in [1.29, 1.82) is 0 Å². The first-order chi connectivity index (χ1) is 10.3. The van der Waals surface area contributed by atoms with Gasteiger partial charge in [-0.3, -0.25) is 4.79 Å². The van der Waals surface area contributed by atoms with Crippen molar-refractivity contribution in [2.45, 2.75) is 25.7 Å². The zero-order valence-corrected chi connectivity index (χ0v) is 13.1. The van der Waals surface area contributed by atoms with E-state index in [0.717, 1.165) is 17.7 Å². The number of aliphatic hydroxyl groups excluding tert-OH is 1. The Morgan fingerprint density at radius 1 is 1.48 bits per heavy atom. The second-order valence-corrected chi connectivity index (χ2v) is 6.35. The Labute approximate surface area is 131 Å². The summed E-state index contributed by atoms with van der Waals surface area (Å²) in [6.45, 7) is 0.0552. The third kappa shape index (κ3) is 5.68. The minimum Gasteiger partial charge on any atom is -0.395 e. The lowest BCUT2D eigenvalue weighted by Gasteiger charge is -2.00. The molecule has 0 aliphatic carbocycles. The van der Waals surface area contributed by atoms with Crippen molar-refractivity contribution >= 4 is 33.7 Å². The molecule has 21 heavy (non-hydrogen) atoms. The van der Waals surface area contributed by atoms with Gasteiger partial charge >= 0.3 is 0 Å². The molecule has 0 bridgehead atoms. The quantitative estimate of drug-likeness (QED) is 0.805. The van der Waals surface area contributed by atoms with Crippen molar-refractivity contribution in [1.82, 2.24) is 4.98 Å². The monoisotopic (exact) mass is 320 g/mol. The lowest BCUT2D eigenvalue weighted by molar-refractivity contribution is -0.116. The Hall–Kier alpha value is -1.68. The van der Waals surface area contributed by atoms with Gasteiger partial charge in [0.2, 0.25) is 5.91 Å². The summed E-state index contributed by atoms with van der Waals surface area (Å²) in [7, 11) is 0. The highest BCUT2D eigenvalue weighted by Gasteiger charge is 2.06. The number of thiophene rings is 1. The number of hydrogen-bond donors (Lipinski definition) is 2. The fraction of sp³-hybridized carbons (Fsp3) is 0.333. The number of hydrogen-bond acceptors (Lipinski definition) is 5. The molecule has 2 heterocycles. The van der Waals surface area contributed by atoms with Crippen molar-refractivity contribution in [3.8, 4) is 11.8 Å². The van der Waals surface area contributed by atoms with Gasteiger partial charge in [0.05, 0.1) is 17.7 Å². The van der Waals surface area contributed by atoms with E-state index >= 15 is 0 Å². The minimum absolute atomic E-state index is 0.0178. The van der Waals surface area contributed by atoms with Crippen LogP contribution in [0.3, 0.4) is 0 Å². The molecular formula is C15H16N2O2S2. The number of carbonyl (C=O) groups excluding carboxylic acids is 1. The largest absolute Gasteiger partial charge is 0.395 e. The molecule has 2 aromatic rings. The molecule has 0 atom stereocenters. The molecule has 0 radical (unpaired) electrons. The number of thiazole rings is 1. The lowest BCUT2D eigenvalue weighted by Crippen LogP contribution is -2.10. The van der Waals surface area contributed by atoms with Crippen LogP contribution in [0, 0.1) is 11.8 Å². The summed E-state index contributed by atoms with van der Waals surface area (Å²) in [5.41, 5.74) is 0. The smallest absolute Gasteiger partial charge is 0.226 e. The van der Waals surface area contributed by atoms with Crippen LogP contribution in [0.1, 0.15) is 29.0 Å². The maximum Gasteiger partial charge on any atom is 0.226 e. The number of nitrogens with one attached hydrogen (secondary N) is 1. The first kappa shape index (κ1) is 15.7. The number of aromatic nitrogens is 1. The Morgan fingerprint density at radius 3 is 3.14 bits per heavy atom. The van der Waals surface area contributed by atoms with Crippen molar-refractivity contribution in [3.63, 3.8) is 0 Å². The summed E-state index contributed by atoms with van der Waals surface area (Å²) in [6, 6.07) is 4.11.